The van der Waals surface area contributed by atoms with Crippen molar-refractivity contribution in [3.63, 3.8) is 0 Å². The van der Waals surface area contributed by atoms with Crippen molar-refractivity contribution in [1.82, 2.24) is 4.98 Å². The molecule has 1 aromatic heterocycles. The fourth-order valence-corrected chi connectivity index (χ4v) is 6.45. The fourth-order valence-electron chi connectivity index (χ4n) is 5.43. The lowest BCUT2D eigenvalue weighted by molar-refractivity contribution is -0.132. The van der Waals surface area contributed by atoms with Crippen molar-refractivity contribution in [1.29, 1.82) is 0 Å². The van der Waals surface area contributed by atoms with Gasteiger partial charge in [0.05, 0.1) is 41.7 Å². The highest BCUT2D eigenvalue weighted by Gasteiger charge is 2.48. The van der Waals surface area contributed by atoms with Crippen LogP contribution in [0.2, 0.25) is 0 Å². The quantitative estimate of drug-likeness (QED) is 0.106. The Morgan fingerprint density at radius 3 is 2.50 bits per heavy atom. The molecule has 1 N–H and O–H groups in total. The van der Waals surface area contributed by atoms with E-state index in [2.05, 4.69) is 13.8 Å². The summed E-state index contributed by atoms with van der Waals surface area (Å²) in [6.45, 7) is 10.2. The second-order valence-electron chi connectivity index (χ2n) is 11.3. The number of Topliss-reactive ketones (excluding diaryl/α,β-unsaturated/α-hetero) is 1. The Labute approximate surface area is 271 Å². The molecular weight excluding hydrogens is 608 g/mol. The maximum absolute atomic E-state index is 13.9. The maximum atomic E-state index is 13.9. The zero-order valence-electron chi connectivity index (χ0n) is 26.2. The van der Waals surface area contributed by atoms with Crippen LogP contribution in [-0.4, -0.2) is 54.8 Å². The van der Waals surface area contributed by atoms with Crippen LogP contribution >= 0.6 is 11.3 Å². The number of hydrogen-bond donors (Lipinski definition) is 1. The van der Waals surface area contributed by atoms with Crippen LogP contribution < -0.4 is 28.6 Å². The molecule has 0 unspecified atom stereocenters. The highest BCUT2D eigenvalue weighted by Crippen LogP contribution is 2.47. The van der Waals surface area contributed by atoms with Crippen LogP contribution in [0.25, 0.3) is 16.0 Å². The minimum absolute atomic E-state index is 0.0770. The summed E-state index contributed by atoms with van der Waals surface area (Å²) >= 11 is 1.26. The highest BCUT2D eigenvalue weighted by atomic mass is 32.1. The van der Waals surface area contributed by atoms with Crippen LogP contribution in [0.1, 0.15) is 51.3 Å². The van der Waals surface area contributed by atoms with Crippen molar-refractivity contribution < 1.29 is 38.4 Å². The van der Waals surface area contributed by atoms with Gasteiger partial charge in [-0.2, -0.15) is 0 Å². The lowest BCUT2D eigenvalue weighted by Crippen LogP contribution is -2.29. The second kappa shape index (κ2) is 13.3. The second-order valence-corrected chi connectivity index (χ2v) is 12.3. The number of fused-ring (bicyclic) bond motifs is 2. The summed E-state index contributed by atoms with van der Waals surface area (Å²) in [5, 5.41) is 12.0. The van der Waals surface area contributed by atoms with E-state index in [1.165, 1.54) is 16.2 Å². The molecule has 0 radical (unpaired) electrons. The van der Waals surface area contributed by atoms with Crippen LogP contribution in [0.3, 0.4) is 0 Å². The molecule has 11 heteroatoms. The number of amides is 1. The highest BCUT2D eigenvalue weighted by molar-refractivity contribution is 7.22. The van der Waals surface area contributed by atoms with E-state index < -0.39 is 17.7 Å². The number of carbonyl (C=O) groups is 2. The van der Waals surface area contributed by atoms with E-state index in [0.29, 0.717) is 89.5 Å². The molecule has 3 aromatic carbocycles. The maximum Gasteiger partial charge on any atom is 0.301 e. The summed E-state index contributed by atoms with van der Waals surface area (Å²) in [4.78, 5) is 33.8. The molecular formula is C35H36N2O8S. The molecule has 2 aliphatic heterocycles. The van der Waals surface area contributed by atoms with Crippen LogP contribution in [0, 0.1) is 5.92 Å². The summed E-state index contributed by atoms with van der Waals surface area (Å²) in [7, 11) is 0. The molecule has 240 valence electrons. The van der Waals surface area contributed by atoms with Crippen molar-refractivity contribution in [3.8, 4) is 28.7 Å². The number of nitrogens with zero attached hydrogens (tertiary/aromatic N) is 2. The summed E-state index contributed by atoms with van der Waals surface area (Å²) in [5.41, 5.74) is 1.44. The molecule has 0 spiro atoms. The Morgan fingerprint density at radius 2 is 1.74 bits per heavy atom. The zero-order valence-corrected chi connectivity index (χ0v) is 27.0. The number of rotatable bonds is 11. The van der Waals surface area contributed by atoms with Crippen molar-refractivity contribution >= 4 is 44.1 Å². The molecule has 1 amide bonds. The van der Waals surface area contributed by atoms with Gasteiger partial charge >= 0.3 is 5.91 Å². The van der Waals surface area contributed by atoms with Gasteiger partial charge in [0.15, 0.2) is 28.1 Å². The SMILES string of the molecule is CCOc1ccc2nc(N3C(=O)C(=O)C(=C(O)c4ccc5c(c4)OCCO5)[C@H]3c3ccc(OCCC(C)C)c(OCC)c3)sc2c1. The number of ether oxygens (including phenoxy) is 5. The number of aliphatic hydroxyl groups excluding tert-OH is 1. The van der Waals surface area contributed by atoms with E-state index in [0.717, 1.165) is 11.1 Å². The number of ketones is 1. The fraction of sp³-hybridized carbons (Fsp3) is 0.343. The van der Waals surface area contributed by atoms with Crippen LogP contribution in [0.15, 0.2) is 60.2 Å². The van der Waals surface area contributed by atoms with Crippen molar-refractivity contribution in [2.75, 3.05) is 37.9 Å². The van der Waals surface area contributed by atoms with Gasteiger partial charge in [0, 0.05) is 5.56 Å². The van der Waals surface area contributed by atoms with Gasteiger partial charge in [-0.05, 0) is 80.3 Å². The third kappa shape index (κ3) is 6.06. The lowest BCUT2D eigenvalue weighted by Gasteiger charge is -2.24. The number of benzene rings is 3. The first kappa shape index (κ1) is 31.2. The average molecular weight is 645 g/mol. The largest absolute Gasteiger partial charge is 0.507 e. The van der Waals surface area contributed by atoms with Gasteiger partial charge in [-0.1, -0.05) is 31.3 Å². The Bertz CT molecular complexity index is 1810. The standard InChI is InChI=1S/C35H36N2O8S/c1-5-41-23-9-10-24-29(19-23)46-35(36-24)37-31(21-7-11-25(27(17-21)42-6-2)43-14-13-20(3)4)30(33(39)34(37)40)32(38)22-8-12-26-28(18-22)45-16-15-44-26/h7-12,17-20,31,38H,5-6,13-16H2,1-4H3/t31-/m1/s1. The summed E-state index contributed by atoms with van der Waals surface area (Å²) in [6.07, 6.45) is 0.867. The van der Waals surface area contributed by atoms with E-state index in [9.17, 15) is 14.7 Å². The van der Waals surface area contributed by atoms with Gasteiger partial charge < -0.3 is 28.8 Å². The first-order valence-electron chi connectivity index (χ1n) is 15.4. The zero-order chi connectivity index (χ0) is 32.4. The monoisotopic (exact) mass is 644 g/mol. The molecule has 4 aromatic rings. The van der Waals surface area contributed by atoms with Gasteiger partial charge in [0.25, 0.3) is 5.78 Å². The number of anilines is 1. The van der Waals surface area contributed by atoms with Crippen LogP contribution in [0.4, 0.5) is 5.13 Å². The molecule has 0 bridgehead atoms. The molecule has 6 rings (SSSR count). The molecule has 1 atom stereocenters. The van der Waals surface area contributed by atoms with E-state index >= 15 is 0 Å². The van der Waals surface area contributed by atoms with Crippen LogP contribution in [0.5, 0.6) is 28.7 Å². The molecule has 2 aliphatic rings. The minimum atomic E-state index is -1.01. The lowest BCUT2D eigenvalue weighted by atomic mass is 9.95. The first-order chi connectivity index (χ1) is 22.3. The molecule has 1 saturated heterocycles. The van der Waals surface area contributed by atoms with E-state index in [1.807, 2.05) is 32.0 Å². The predicted molar refractivity (Wildman–Crippen MR) is 176 cm³/mol. The Hall–Kier alpha value is -4.77. The molecule has 0 saturated carbocycles. The summed E-state index contributed by atoms with van der Waals surface area (Å²) in [6, 6.07) is 14.7. The number of aromatic nitrogens is 1. The smallest absolute Gasteiger partial charge is 0.301 e. The molecule has 0 aliphatic carbocycles. The molecule has 46 heavy (non-hydrogen) atoms. The van der Waals surface area contributed by atoms with E-state index in [-0.39, 0.29) is 11.3 Å². The van der Waals surface area contributed by atoms with Gasteiger partial charge in [-0.3, -0.25) is 14.5 Å². The Morgan fingerprint density at radius 1 is 0.957 bits per heavy atom. The Balaban J connectivity index is 1.49. The topological polar surface area (TPSA) is 117 Å². The molecule has 1 fully saturated rings. The summed E-state index contributed by atoms with van der Waals surface area (Å²) in [5.74, 6) is 1.18. The van der Waals surface area contributed by atoms with E-state index in [1.54, 1.807) is 36.4 Å². The number of hydrogen-bond acceptors (Lipinski definition) is 10. The third-order valence-corrected chi connectivity index (χ3v) is 8.68. The third-order valence-electron chi connectivity index (χ3n) is 7.66. The Kier molecular flexibility index (Phi) is 9.03. The van der Waals surface area contributed by atoms with Gasteiger partial charge in [0.1, 0.15) is 24.7 Å². The number of carbonyl (C=O) groups excluding carboxylic acids is 2. The molecule has 3 heterocycles. The van der Waals surface area contributed by atoms with Crippen LogP contribution in [-0.2, 0) is 9.59 Å². The summed E-state index contributed by atoms with van der Waals surface area (Å²) < 4.78 is 29.8. The minimum Gasteiger partial charge on any atom is -0.507 e. The van der Waals surface area contributed by atoms with Gasteiger partial charge in [-0.15, -0.1) is 0 Å². The van der Waals surface area contributed by atoms with Gasteiger partial charge in [0.2, 0.25) is 0 Å². The van der Waals surface area contributed by atoms with Crippen molar-refractivity contribution in [2.45, 2.75) is 40.2 Å². The normalized spacial score (nSPS) is 17.2. The predicted octanol–water partition coefficient (Wildman–Crippen LogP) is 6.92. The van der Waals surface area contributed by atoms with Gasteiger partial charge in [-0.25, -0.2) is 4.98 Å². The average Bonchev–Trinajstić information content (AvgIpc) is 3.58. The first-order valence-corrected chi connectivity index (χ1v) is 16.2. The van der Waals surface area contributed by atoms with E-state index in [4.69, 9.17) is 28.7 Å². The number of aliphatic hydroxyl groups is 1. The number of thiazole rings is 1. The molecule has 10 nitrogen and oxygen atoms in total. The van der Waals surface area contributed by atoms with Crippen molar-refractivity contribution in [2.24, 2.45) is 5.92 Å². The van der Waals surface area contributed by atoms with Crippen molar-refractivity contribution in [3.05, 3.63) is 71.3 Å².